The highest BCUT2D eigenvalue weighted by Crippen LogP contribution is 2.28. The molecule has 2 atom stereocenters. The van der Waals surface area contributed by atoms with Crippen molar-refractivity contribution in [3.8, 4) is 22.9 Å². The summed E-state index contributed by atoms with van der Waals surface area (Å²) in [6.07, 6.45) is 3.38. The Morgan fingerprint density at radius 1 is 0.564 bits per heavy atom. The van der Waals surface area contributed by atoms with Crippen molar-refractivity contribution in [2.45, 2.75) is 63.8 Å². The number of nitrogens with one attached hydrogen (secondary N) is 2. The second-order valence-corrected chi connectivity index (χ2v) is 13.5. The van der Waals surface area contributed by atoms with Crippen LogP contribution in [0.5, 0.6) is 0 Å². The minimum Gasteiger partial charge on any atom is -0.445 e. The van der Waals surface area contributed by atoms with Gasteiger partial charge in [-0.05, 0) is 98.2 Å². The molecule has 0 bridgehead atoms. The number of carbonyl (C=O) groups is 4. The summed E-state index contributed by atoms with van der Waals surface area (Å²) in [6, 6.07) is 31.6. The molecule has 2 N–H and O–H groups in total. The third-order valence-electron chi connectivity index (χ3n) is 9.71. The van der Waals surface area contributed by atoms with Crippen LogP contribution in [0.2, 0.25) is 0 Å². The number of nitrogens with zero attached hydrogens (tertiary/aromatic N) is 4. The Bertz CT molecular complexity index is 1930. The maximum Gasteiger partial charge on any atom is 0.410 e. The van der Waals surface area contributed by atoms with Gasteiger partial charge in [-0.2, -0.15) is 0 Å². The number of carbonyl (C=O) groups excluding carboxylic acids is 4. The Balaban J connectivity index is 0.919. The van der Waals surface area contributed by atoms with Gasteiger partial charge in [0, 0.05) is 35.6 Å². The van der Waals surface area contributed by atoms with Crippen LogP contribution in [0.25, 0.3) is 22.9 Å². The van der Waals surface area contributed by atoms with E-state index in [1.807, 2.05) is 60.7 Å². The van der Waals surface area contributed by atoms with Crippen molar-refractivity contribution < 1.29 is 33.1 Å². The van der Waals surface area contributed by atoms with Crippen molar-refractivity contribution in [3.05, 3.63) is 120 Å². The van der Waals surface area contributed by atoms with Crippen molar-refractivity contribution >= 4 is 35.4 Å². The summed E-state index contributed by atoms with van der Waals surface area (Å²) in [5.41, 5.74) is 4.20. The quantitative estimate of drug-likeness (QED) is 0.147. The third kappa shape index (κ3) is 9.36. The van der Waals surface area contributed by atoms with Gasteiger partial charge in [-0.25, -0.2) is 9.59 Å². The zero-order valence-corrected chi connectivity index (χ0v) is 30.3. The fraction of sp³-hybridized carbons (Fsp3) is 0.286. The molecule has 0 radical (unpaired) electrons. The molecule has 7 rings (SSSR count). The Kier molecular flexibility index (Phi) is 11.8. The summed E-state index contributed by atoms with van der Waals surface area (Å²) in [4.78, 5) is 55.4. The zero-order chi connectivity index (χ0) is 38.0. The molecule has 4 amide bonds. The van der Waals surface area contributed by atoms with Crippen LogP contribution in [0.1, 0.15) is 49.7 Å². The van der Waals surface area contributed by atoms with Gasteiger partial charge in [0.05, 0.1) is 0 Å². The standard InChI is InChI=1S/C42H42N6O7/c49-37(35-15-7-9-25-47(35)41(51)53-27-29-11-3-1-4-12-29)43-33-21-17-31(18-22-33)39-45-46-40(55-39)32-19-23-34(24-20-32)44-38(50)36-16-8-10-26-48(36)42(52)54-28-30-13-5-2-6-14-30/h1-6,11-14,17-24,35-36H,7-10,15-16,25-28H2,(H,43,49)(H,44,50)/t35-,36-/m0/s1. The second-order valence-electron chi connectivity index (χ2n) is 13.5. The van der Waals surface area contributed by atoms with E-state index in [1.165, 1.54) is 9.80 Å². The Morgan fingerprint density at radius 2 is 0.964 bits per heavy atom. The van der Waals surface area contributed by atoms with Gasteiger partial charge in [0.15, 0.2) is 0 Å². The molecule has 4 aromatic carbocycles. The number of aromatic nitrogens is 2. The van der Waals surface area contributed by atoms with Crippen LogP contribution in [0.3, 0.4) is 0 Å². The lowest BCUT2D eigenvalue weighted by molar-refractivity contribution is -0.122. The highest BCUT2D eigenvalue weighted by Gasteiger charge is 2.34. The van der Waals surface area contributed by atoms with Crippen molar-refractivity contribution in [1.29, 1.82) is 0 Å². The lowest BCUT2D eigenvalue weighted by atomic mass is 10.0. The van der Waals surface area contributed by atoms with Gasteiger partial charge in [-0.3, -0.25) is 19.4 Å². The summed E-state index contributed by atoms with van der Waals surface area (Å²) >= 11 is 0. The average molecular weight is 743 g/mol. The van der Waals surface area contributed by atoms with Crippen molar-refractivity contribution in [2.75, 3.05) is 23.7 Å². The number of hydrogen-bond acceptors (Lipinski definition) is 9. The van der Waals surface area contributed by atoms with E-state index in [0.29, 0.717) is 60.2 Å². The number of likely N-dealkylation sites (tertiary alicyclic amines) is 2. The predicted octanol–water partition coefficient (Wildman–Crippen LogP) is 7.66. The fourth-order valence-corrected chi connectivity index (χ4v) is 6.75. The third-order valence-corrected chi connectivity index (χ3v) is 9.71. The van der Waals surface area contributed by atoms with E-state index in [-0.39, 0.29) is 25.0 Å². The molecule has 5 aromatic rings. The molecule has 2 aliphatic heterocycles. The smallest absolute Gasteiger partial charge is 0.410 e. The molecule has 0 spiro atoms. The largest absolute Gasteiger partial charge is 0.445 e. The summed E-state index contributed by atoms with van der Waals surface area (Å²) in [5.74, 6) is 0.0327. The van der Waals surface area contributed by atoms with Gasteiger partial charge in [0.1, 0.15) is 25.3 Å². The van der Waals surface area contributed by atoms with Crippen LogP contribution in [0.4, 0.5) is 21.0 Å². The number of piperidine rings is 2. The molecule has 13 heteroatoms. The highest BCUT2D eigenvalue weighted by atomic mass is 16.6. The first-order chi connectivity index (χ1) is 26.9. The Hall–Kier alpha value is -6.50. The van der Waals surface area contributed by atoms with Crippen molar-refractivity contribution in [1.82, 2.24) is 20.0 Å². The van der Waals surface area contributed by atoms with Crippen LogP contribution in [-0.4, -0.2) is 69.2 Å². The molecule has 2 aliphatic rings. The molecule has 13 nitrogen and oxygen atoms in total. The van der Waals surface area contributed by atoms with E-state index in [9.17, 15) is 19.2 Å². The summed E-state index contributed by atoms with van der Waals surface area (Å²) < 4.78 is 17.0. The second kappa shape index (κ2) is 17.5. The number of anilines is 2. The molecule has 0 unspecified atom stereocenters. The molecule has 0 aliphatic carbocycles. The Labute approximate surface area is 318 Å². The maximum absolute atomic E-state index is 13.3. The van der Waals surface area contributed by atoms with Crippen LogP contribution in [0, 0.1) is 0 Å². The van der Waals surface area contributed by atoms with Crippen LogP contribution in [0.15, 0.2) is 114 Å². The van der Waals surface area contributed by atoms with Gasteiger partial charge in [-0.15, -0.1) is 10.2 Å². The SMILES string of the molecule is O=C(Nc1ccc(-c2nnc(-c3ccc(NC(=O)[C@@H]4CCCCN4C(=O)OCc4ccccc4)cc3)o2)cc1)[C@@H]1CCCCN1C(=O)OCc1ccccc1. The zero-order valence-electron chi connectivity index (χ0n) is 30.3. The number of hydrogen-bond donors (Lipinski definition) is 2. The lowest BCUT2D eigenvalue weighted by Crippen LogP contribution is -2.50. The minimum atomic E-state index is -0.633. The van der Waals surface area contributed by atoms with Gasteiger partial charge in [0.2, 0.25) is 23.6 Å². The fourth-order valence-electron chi connectivity index (χ4n) is 6.75. The molecule has 2 saturated heterocycles. The average Bonchev–Trinajstić information content (AvgIpc) is 3.74. The Morgan fingerprint density at radius 3 is 1.36 bits per heavy atom. The summed E-state index contributed by atoms with van der Waals surface area (Å²) in [7, 11) is 0. The molecule has 1 aromatic heterocycles. The molecular weight excluding hydrogens is 700 g/mol. The van der Waals surface area contributed by atoms with Crippen LogP contribution in [-0.2, 0) is 32.3 Å². The molecule has 55 heavy (non-hydrogen) atoms. The van der Waals surface area contributed by atoms with Crippen molar-refractivity contribution in [3.63, 3.8) is 0 Å². The van der Waals surface area contributed by atoms with Gasteiger partial charge in [-0.1, -0.05) is 60.7 Å². The molecular formula is C42H42N6O7. The highest BCUT2D eigenvalue weighted by molar-refractivity contribution is 5.97. The van der Waals surface area contributed by atoms with E-state index in [0.717, 1.165) is 36.8 Å². The monoisotopic (exact) mass is 742 g/mol. The van der Waals surface area contributed by atoms with Crippen molar-refractivity contribution in [2.24, 2.45) is 0 Å². The van der Waals surface area contributed by atoms with Gasteiger partial charge in [0.25, 0.3) is 0 Å². The first-order valence-electron chi connectivity index (χ1n) is 18.5. The number of amides is 4. The van der Waals surface area contributed by atoms with E-state index in [1.54, 1.807) is 48.5 Å². The summed E-state index contributed by atoms with van der Waals surface area (Å²) in [6.45, 7) is 1.19. The summed E-state index contributed by atoms with van der Waals surface area (Å²) in [5, 5.41) is 14.3. The van der Waals surface area contributed by atoms with E-state index >= 15 is 0 Å². The maximum atomic E-state index is 13.3. The number of rotatable bonds is 10. The lowest BCUT2D eigenvalue weighted by Gasteiger charge is -2.33. The minimum absolute atomic E-state index is 0.142. The topological polar surface area (TPSA) is 156 Å². The normalized spacial score (nSPS) is 16.9. The van der Waals surface area contributed by atoms with Gasteiger partial charge < -0.3 is 24.5 Å². The van der Waals surface area contributed by atoms with E-state index in [4.69, 9.17) is 13.9 Å². The van der Waals surface area contributed by atoms with E-state index < -0.39 is 24.3 Å². The first-order valence-corrected chi connectivity index (χ1v) is 18.5. The predicted molar refractivity (Wildman–Crippen MR) is 204 cm³/mol. The first kappa shape index (κ1) is 36.8. The number of ether oxygens (including phenoxy) is 2. The van der Waals surface area contributed by atoms with Crippen LogP contribution >= 0.6 is 0 Å². The molecule has 282 valence electrons. The molecule has 0 saturated carbocycles. The molecule has 3 heterocycles. The van der Waals surface area contributed by atoms with E-state index in [2.05, 4.69) is 20.8 Å². The van der Waals surface area contributed by atoms with Gasteiger partial charge >= 0.3 is 12.2 Å². The number of benzene rings is 4. The molecule has 2 fully saturated rings. The van der Waals surface area contributed by atoms with Crippen LogP contribution < -0.4 is 10.6 Å².